The van der Waals surface area contributed by atoms with Crippen LogP contribution in [0.25, 0.3) is 11.0 Å². The largest absolute Gasteiger partial charge is 0.478 e. The standard InChI is InChI=1S/C16H22N2O3/c1-4-14-17-12-6-5-11(15(20)21)9-13(12)18(14)10-16(2,3)7-8-19/h5-6,9,19H,4,7-8,10H2,1-3H3,(H,20,21). The number of aromatic carboxylic acids is 1. The number of aliphatic hydroxyl groups is 1. The number of aromatic nitrogens is 2. The van der Waals surface area contributed by atoms with Gasteiger partial charge in [0.1, 0.15) is 5.82 Å². The Bertz CT molecular complexity index is 659. The molecule has 0 aliphatic heterocycles. The van der Waals surface area contributed by atoms with Gasteiger partial charge in [-0.25, -0.2) is 9.78 Å². The topological polar surface area (TPSA) is 75.3 Å². The number of rotatable bonds is 6. The van der Waals surface area contributed by atoms with Gasteiger partial charge in [-0.3, -0.25) is 0 Å². The van der Waals surface area contributed by atoms with Gasteiger partial charge in [-0.1, -0.05) is 20.8 Å². The summed E-state index contributed by atoms with van der Waals surface area (Å²) >= 11 is 0. The predicted octanol–water partition coefficient (Wildman–Crippen LogP) is 2.71. The molecule has 1 heterocycles. The maximum Gasteiger partial charge on any atom is 0.335 e. The highest BCUT2D eigenvalue weighted by molar-refractivity contribution is 5.92. The van der Waals surface area contributed by atoms with E-state index >= 15 is 0 Å². The number of fused-ring (bicyclic) bond motifs is 1. The lowest BCUT2D eigenvalue weighted by atomic mass is 9.89. The molecule has 0 fully saturated rings. The van der Waals surface area contributed by atoms with Crippen molar-refractivity contribution in [3.05, 3.63) is 29.6 Å². The van der Waals surface area contributed by atoms with Crippen molar-refractivity contribution in [3.63, 3.8) is 0 Å². The van der Waals surface area contributed by atoms with E-state index in [1.54, 1.807) is 18.2 Å². The number of benzene rings is 1. The van der Waals surface area contributed by atoms with Crippen molar-refractivity contribution in [3.8, 4) is 0 Å². The second kappa shape index (κ2) is 5.85. The van der Waals surface area contributed by atoms with E-state index in [1.165, 1.54) is 0 Å². The van der Waals surface area contributed by atoms with Crippen molar-refractivity contribution in [1.82, 2.24) is 9.55 Å². The van der Waals surface area contributed by atoms with Gasteiger partial charge >= 0.3 is 5.97 Å². The zero-order valence-corrected chi connectivity index (χ0v) is 12.8. The van der Waals surface area contributed by atoms with Gasteiger partial charge in [-0.2, -0.15) is 0 Å². The molecule has 114 valence electrons. The molecule has 0 spiro atoms. The summed E-state index contributed by atoms with van der Waals surface area (Å²) in [7, 11) is 0. The summed E-state index contributed by atoms with van der Waals surface area (Å²) in [6.45, 7) is 7.07. The molecule has 0 saturated carbocycles. The molecule has 0 saturated heterocycles. The van der Waals surface area contributed by atoms with E-state index in [9.17, 15) is 9.90 Å². The molecule has 0 aliphatic carbocycles. The molecule has 0 aliphatic rings. The van der Waals surface area contributed by atoms with Crippen LogP contribution in [-0.2, 0) is 13.0 Å². The lowest BCUT2D eigenvalue weighted by Gasteiger charge is -2.25. The van der Waals surface area contributed by atoms with Gasteiger partial charge in [0.15, 0.2) is 0 Å². The van der Waals surface area contributed by atoms with E-state index < -0.39 is 5.97 Å². The van der Waals surface area contributed by atoms with Gasteiger partial charge < -0.3 is 14.8 Å². The fraction of sp³-hybridized carbons (Fsp3) is 0.500. The molecule has 1 aromatic heterocycles. The highest BCUT2D eigenvalue weighted by atomic mass is 16.4. The number of imidazole rings is 1. The fourth-order valence-electron chi connectivity index (χ4n) is 2.56. The maximum atomic E-state index is 11.2. The number of aliphatic hydroxyl groups excluding tert-OH is 1. The monoisotopic (exact) mass is 290 g/mol. The molecule has 0 amide bonds. The Hall–Kier alpha value is -1.88. The highest BCUT2D eigenvalue weighted by Gasteiger charge is 2.21. The Morgan fingerprint density at radius 1 is 1.38 bits per heavy atom. The lowest BCUT2D eigenvalue weighted by Crippen LogP contribution is -2.22. The van der Waals surface area contributed by atoms with Crippen LogP contribution >= 0.6 is 0 Å². The van der Waals surface area contributed by atoms with Gasteiger partial charge in [0.2, 0.25) is 0 Å². The SMILES string of the molecule is CCc1nc2ccc(C(=O)O)cc2n1CC(C)(C)CCO. The van der Waals surface area contributed by atoms with Gasteiger partial charge in [-0.15, -0.1) is 0 Å². The second-order valence-electron chi connectivity index (χ2n) is 6.11. The molecule has 0 atom stereocenters. The van der Waals surface area contributed by atoms with E-state index in [1.807, 2.05) is 6.92 Å². The van der Waals surface area contributed by atoms with E-state index in [0.29, 0.717) is 13.0 Å². The summed E-state index contributed by atoms with van der Waals surface area (Å²) in [6.07, 6.45) is 1.47. The van der Waals surface area contributed by atoms with Crippen molar-refractivity contribution in [2.75, 3.05) is 6.61 Å². The Labute approximate surface area is 124 Å². The van der Waals surface area contributed by atoms with Gasteiger partial charge in [0.05, 0.1) is 16.6 Å². The third-order valence-corrected chi connectivity index (χ3v) is 3.77. The molecule has 0 bridgehead atoms. The van der Waals surface area contributed by atoms with Crippen LogP contribution in [-0.4, -0.2) is 32.3 Å². The minimum Gasteiger partial charge on any atom is -0.478 e. The average molecular weight is 290 g/mol. The first-order valence-corrected chi connectivity index (χ1v) is 7.21. The summed E-state index contributed by atoms with van der Waals surface area (Å²) in [5, 5.41) is 18.3. The third kappa shape index (κ3) is 3.24. The highest BCUT2D eigenvalue weighted by Crippen LogP contribution is 2.27. The fourth-order valence-corrected chi connectivity index (χ4v) is 2.56. The first kappa shape index (κ1) is 15.5. The Morgan fingerprint density at radius 2 is 2.10 bits per heavy atom. The molecule has 1 aromatic carbocycles. The number of carboxylic acid groups (broad SMARTS) is 1. The molecular weight excluding hydrogens is 268 g/mol. The molecule has 0 radical (unpaired) electrons. The van der Waals surface area contributed by atoms with Gasteiger partial charge in [0, 0.05) is 19.6 Å². The summed E-state index contributed by atoms with van der Waals surface area (Å²) in [5.74, 6) is 0.0101. The number of aryl methyl sites for hydroxylation is 1. The molecule has 5 nitrogen and oxygen atoms in total. The minimum absolute atomic E-state index is 0.0778. The van der Waals surface area contributed by atoms with Crippen LogP contribution < -0.4 is 0 Å². The van der Waals surface area contributed by atoms with Gasteiger partial charge in [-0.05, 0) is 30.0 Å². The maximum absolute atomic E-state index is 11.2. The van der Waals surface area contributed by atoms with E-state index in [2.05, 4.69) is 23.4 Å². The molecule has 2 N–H and O–H groups in total. The van der Waals surface area contributed by atoms with Crippen LogP contribution in [0.4, 0.5) is 0 Å². The Kier molecular flexibility index (Phi) is 4.32. The van der Waals surface area contributed by atoms with Crippen molar-refractivity contribution < 1.29 is 15.0 Å². The molecule has 21 heavy (non-hydrogen) atoms. The van der Waals surface area contributed by atoms with Crippen LogP contribution in [0, 0.1) is 5.41 Å². The quantitative estimate of drug-likeness (QED) is 0.857. The molecule has 2 aromatic rings. The molecular formula is C16H22N2O3. The van der Waals surface area contributed by atoms with Crippen LogP contribution in [0.3, 0.4) is 0 Å². The smallest absolute Gasteiger partial charge is 0.335 e. The summed E-state index contributed by atoms with van der Waals surface area (Å²) in [6, 6.07) is 5.02. The number of hydrogen-bond donors (Lipinski definition) is 2. The van der Waals surface area contributed by atoms with Crippen molar-refractivity contribution in [1.29, 1.82) is 0 Å². The lowest BCUT2D eigenvalue weighted by molar-refractivity contribution is 0.0697. The molecule has 5 heteroatoms. The van der Waals surface area contributed by atoms with E-state index in [4.69, 9.17) is 5.11 Å². The zero-order valence-electron chi connectivity index (χ0n) is 12.8. The molecule has 0 unspecified atom stereocenters. The third-order valence-electron chi connectivity index (χ3n) is 3.77. The minimum atomic E-state index is -0.933. The van der Waals surface area contributed by atoms with Crippen LogP contribution in [0.15, 0.2) is 18.2 Å². The number of carboxylic acids is 1. The van der Waals surface area contributed by atoms with Crippen molar-refractivity contribution in [2.45, 2.75) is 40.2 Å². The zero-order chi connectivity index (χ0) is 15.6. The summed E-state index contributed by atoms with van der Waals surface area (Å²) < 4.78 is 2.08. The van der Waals surface area contributed by atoms with Crippen LogP contribution in [0.1, 0.15) is 43.4 Å². The summed E-state index contributed by atoms with van der Waals surface area (Å²) in [5.41, 5.74) is 1.85. The molecule has 2 rings (SSSR count). The Morgan fingerprint density at radius 3 is 2.67 bits per heavy atom. The number of carbonyl (C=O) groups is 1. The van der Waals surface area contributed by atoms with Crippen LogP contribution in [0.2, 0.25) is 0 Å². The van der Waals surface area contributed by atoms with Gasteiger partial charge in [0.25, 0.3) is 0 Å². The van der Waals surface area contributed by atoms with Crippen molar-refractivity contribution in [2.24, 2.45) is 5.41 Å². The second-order valence-corrected chi connectivity index (χ2v) is 6.11. The summed E-state index contributed by atoms with van der Waals surface area (Å²) in [4.78, 5) is 15.7. The Balaban J connectivity index is 2.53. The first-order valence-electron chi connectivity index (χ1n) is 7.21. The normalized spacial score (nSPS) is 12.0. The number of hydrogen-bond acceptors (Lipinski definition) is 3. The number of nitrogens with zero attached hydrogens (tertiary/aromatic N) is 2. The first-order chi connectivity index (χ1) is 9.88. The van der Waals surface area contributed by atoms with E-state index in [0.717, 1.165) is 23.3 Å². The van der Waals surface area contributed by atoms with Crippen LogP contribution in [0.5, 0.6) is 0 Å². The predicted molar refractivity (Wildman–Crippen MR) is 81.6 cm³/mol. The van der Waals surface area contributed by atoms with E-state index in [-0.39, 0.29) is 17.6 Å². The van der Waals surface area contributed by atoms with Crippen molar-refractivity contribution >= 4 is 17.0 Å². The average Bonchev–Trinajstić information content (AvgIpc) is 2.75.